The number of hydrogen-bond acceptors (Lipinski definition) is 4. The van der Waals surface area contributed by atoms with Gasteiger partial charge in [0.1, 0.15) is 6.54 Å². The summed E-state index contributed by atoms with van der Waals surface area (Å²) in [5.74, 6) is -0.343. The molecule has 1 aliphatic heterocycles. The van der Waals surface area contributed by atoms with Gasteiger partial charge in [0.05, 0.1) is 11.9 Å². The van der Waals surface area contributed by atoms with Crippen molar-refractivity contribution >= 4 is 32.4 Å². The van der Waals surface area contributed by atoms with Gasteiger partial charge in [0.25, 0.3) is 0 Å². The Morgan fingerprint density at radius 3 is 2.31 bits per heavy atom. The normalized spacial score (nSPS) is 14.5. The van der Waals surface area contributed by atoms with Gasteiger partial charge in [0, 0.05) is 18.5 Å². The quantitative estimate of drug-likeness (QED) is 0.569. The summed E-state index contributed by atoms with van der Waals surface area (Å²) in [5.41, 5.74) is 2.76. The summed E-state index contributed by atoms with van der Waals surface area (Å²) in [4.78, 5) is 15.1. The molecule has 0 atom stereocenters. The molecule has 3 aromatic rings. The topological polar surface area (TPSA) is 69.7 Å². The largest absolute Gasteiger partial charge is 0.350 e. The summed E-state index contributed by atoms with van der Waals surface area (Å²) < 4.78 is 26.2. The smallest absolute Gasteiger partial charge is 0.241 e. The van der Waals surface area contributed by atoms with Gasteiger partial charge in [-0.15, -0.1) is 0 Å². The Bertz CT molecular complexity index is 1180. The van der Waals surface area contributed by atoms with Crippen LogP contribution in [-0.2, 0) is 27.9 Å². The summed E-state index contributed by atoms with van der Waals surface area (Å²) in [6.07, 6.45) is 3.67. The van der Waals surface area contributed by atoms with Gasteiger partial charge in [-0.05, 0) is 48.5 Å². The number of nitrogens with zero attached hydrogens (tertiary/aromatic N) is 2. The summed E-state index contributed by atoms with van der Waals surface area (Å²) in [5, 5.41) is 4.57. The number of benzene rings is 3. The maximum Gasteiger partial charge on any atom is 0.241 e. The average Bonchev–Trinajstić information content (AvgIpc) is 3.29. The molecule has 1 N–H and O–H groups in total. The fourth-order valence-corrected chi connectivity index (χ4v) is 5.02. The van der Waals surface area contributed by atoms with Crippen molar-refractivity contribution in [3.05, 3.63) is 77.9 Å². The van der Waals surface area contributed by atoms with Crippen molar-refractivity contribution in [1.29, 1.82) is 0 Å². The van der Waals surface area contributed by atoms with Crippen LogP contribution in [0.1, 0.15) is 24.0 Å². The number of likely N-dealkylation sites (tertiary alicyclic amines) is 1. The zero-order valence-electron chi connectivity index (χ0n) is 18.3. The number of rotatable bonds is 8. The second-order valence-corrected chi connectivity index (χ2v) is 10.3. The first-order chi connectivity index (χ1) is 15.4. The molecule has 0 aliphatic carbocycles. The van der Waals surface area contributed by atoms with Gasteiger partial charge in [0.2, 0.25) is 15.9 Å². The van der Waals surface area contributed by atoms with E-state index in [0.717, 1.165) is 42.2 Å². The number of sulfonamides is 1. The SMILES string of the molecule is CS(=O)(=O)N(CC(=O)NCc1ccc(CN2CCCC2)cc1)c1cccc2ccccc12. The van der Waals surface area contributed by atoms with Crippen molar-refractivity contribution in [1.82, 2.24) is 10.2 Å². The molecule has 0 spiro atoms. The zero-order valence-corrected chi connectivity index (χ0v) is 19.1. The Hall–Kier alpha value is -2.90. The minimum atomic E-state index is -3.64. The van der Waals surface area contributed by atoms with Crippen LogP contribution in [0.15, 0.2) is 66.7 Å². The molecule has 0 saturated carbocycles. The molecule has 0 unspecified atom stereocenters. The number of fused-ring (bicyclic) bond motifs is 1. The van der Waals surface area contributed by atoms with E-state index in [4.69, 9.17) is 0 Å². The van der Waals surface area contributed by atoms with E-state index >= 15 is 0 Å². The molecule has 3 aromatic carbocycles. The molecule has 1 fully saturated rings. The van der Waals surface area contributed by atoms with Crippen molar-refractivity contribution in [2.45, 2.75) is 25.9 Å². The number of hydrogen-bond donors (Lipinski definition) is 1. The molecule has 1 saturated heterocycles. The van der Waals surface area contributed by atoms with Crippen LogP contribution in [0.25, 0.3) is 10.8 Å². The second-order valence-electron chi connectivity index (χ2n) is 8.34. The first-order valence-corrected chi connectivity index (χ1v) is 12.8. The predicted octanol–water partition coefficient (Wildman–Crippen LogP) is 3.52. The van der Waals surface area contributed by atoms with Crippen LogP contribution in [0.2, 0.25) is 0 Å². The molecule has 32 heavy (non-hydrogen) atoms. The van der Waals surface area contributed by atoms with E-state index in [1.165, 1.54) is 22.7 Å². The van der Waals surface area contributed by atoms with E-state index in [2.05, 4.69) is 22.3 Å². The van der Waals surface area contributed by atoms with E-state index in [9.17, 15) is 13.2 Å². The molecular formula is C25H29N3O3S. The third-order valence-electron chi connectivity index (χ3n) is 5.84. The number of anilines is 1. The van der Waals surface area contributed by atoms with E-state index in [1.807, 2.05) is 42.5 Å². The van der Waals surface area contributed by atoms with Gasteiger partial charge in [-0.25, -0.2) is 8.42 Å². The fourth-order valence-electron chi connectivity index (χ4n) is 4.16. The van der Waals surface area contributed by atoms with E-state index in [0.29, 0.717) is 12.2 Å². The number of carbonyl (C=O) groups excluding carboxylic acids is 1. The lowest BCUT2D eigenvalue weighted by Crippen LogP contribution is -2.40. The lowest BCUT2D eigenvalue weighted by atomic mass is 10.1. The van der Waals surface area contributed by atoms with Crippen LogP contribution in [-0.4, -0.2) is 45.1 Å². The van der Waals surface area contributed by atoms with Crippen LogP contribution in [0.3, 0.4) is 0 Å². The Balaban J connectivity index is 1.41. The summed E-state index contributed by atoms with van der Waals surface area (Å²) in [6, 6.07) is 21.2. The summed E-state index contributed by atoms with van der Waals surface area (Å²) in [7, 11) is -3.64. The molecule has 1 heterocycles. The molecule has 4 rings (SSSR count). The highest BCUT2D eigenvalue weighted by molar-refractivity contribution is 7.92. The van der Waals surface area contributed by atoms with Gasteiger partial charge >= 0.3 is 0 Å². The maximum atomic E-state index is 12.7. The van der Waals surface area contributed by atoms with E-state index in [-0.39, 0.29) is 12.5 Å². The van der Waals surface area contributed by atoms with Crippen molar-refractivity contribution in [2.75, 3.05) is 30.2 Å². The Kier molecular flexibility index (Phi) is 6.77. The maximum absolute atomic E-state index is 12.7. The monoisotopic (exact) mass is 451 g/mol. The third-order valence-corrected chi connectivity index (χ3v) is 6.97. The number of nitrogens with one attached hydrogen (secondary N) is 1. The van der Waals surface area contributed by atoms with Crippen molar-refractivity contribution in [2.24, 2.45) is 0 Å². The molecule has 1 aliphatic rings. The van der Waals surface area contributed by atoms with Crippen LogP contribution in [0.4, 0.5) is 5.69 Å². The second kappa shape index (κ2) is 9.71. The lowest BCUT2D eigenvalue weighted by Gasteiger charge is -2.23. The van der Waals surface area contributed by atoms with E-state index < -0.39 is 10.0 Å². The fraction of sp³-hybridized carbons (Fsp3) is 0.320. The molecule has 0 bridgehead atoms. The molecule has 7 heteroatoms. The number of carbonyl (C=O) groups is 1. The minimum Gasteiger partial charge on any atom is -0.350 e. The van der Waals surface area contributed by atoms with E-state index in [1.54, 1.807) is 12.1 Å². The summed E-state index contributed by atoms with van der Waals surface area (Å²) >= 11 is 0. The molecular weight excluding hydrogens is 422 g/mol. The van der Waals surface area contributed by atoms with Crippen molar-refractivity contribution in [3.63, 3.8) is 0 Å². The van der Waals surface area contributed by atoms with Crippen molar-refractivity contribution < 1.29 is 13.2 Å². The zero-order chi connectivity index (χ0) is 22.6. The number of amides is 1. The predicted molar refractivity (Wildman–Crippen MR) is 129 cm³/mol. The van der Waals surface area contributed by atoms with Crippen LogP contribution < -0.4 is 9.62 Å². The van der Waals surface area contributed by atoms with Crippen molar-refractivity contribution in [3.8, 4) is 0 Å². The lowest BCUT2D eigenvalue weighted by molar-refractivity contribution is -0.119. The molecule has 0 aromatic heterocycles. The molecule has 1 amide bonds. The Morgan fingerprint density at radius 2 is 1.59 bits per heavy atom. The van der Waals surface area contributed by atoms with Gasteiger partial charge in [-0.2, -0.15) is 0 Å². The molecule has 6 nitrogen and oxygen atoms in total. The summed E-state index contributed by atoms with van der Waals surface area (Å²) in [6.45, 7) is 3.37. The van der Waals surface area contributed by atoms with Crippen LogP contribution in [0.5, 0.6) is 0 Å². The standard InChI is InChI=1S/C25H29N3O3S/c1-32(30,31)28(24-10-6-8-22-7-2-3-9-23(22)24)19-25(29)26-17-20-11-13-21(14-12-20)18-27-15-4-5-16-27/h2-3,6-14H,4-5,15-19H2,1H3,(H,26,29). The Labute approximate surface area is 189 Å². The van der Waals surface area contributed by atoms with Gasteiger partial charge in [0.15, 0.2) is 0 Å². The van der Waals surface area contributed by atoms with Gasteiger partial charge in [-0.3, -0.25) is 14.0 Å². The highest BCUT2D eigenvalue weighted by Crippen LogP contribution is 2.28. The first kappa shape index (κ1) is 22.3. The highest BCUT2D eigenvalue weighted by atomic mass is 32.2. The molecule has 0 radical (unpaired) electrons. The highest BCUT2D eigenvalue weighted by Gasteiger charge is 2.22. The average molecular weight is 452 g/mol. The van der Waals surface area contributed by atoms with Gasteiger partial charge < -0.3 is 5.32 Å². The van der Waals surface area contributed by atoms with Gasteiger partial charge in [-0.1, -0.05) is 60.7 Å². The Morgan fingerprint density at radius 1 is 0.938 bits per heavy atom. The van der Waals surface area contributed by atoms with Crippen LogP contribution >= 0.6 is 0 Å². The third kappa shape index (κ3) is 5.47. The minimum absolute atomic E-state index is 0.264. The first-order valence-electron chi connectivity index (χ1n) is 10.9. The molecule has 168 valence electrons. The van der Waals surface area contributed by atoms with Crippen LogP contribution in [0, 0.1) is 0 Å².